The highest BCUT2D eigenvalue weighted by Crippen LogP contribution is 2.46. The smallest absolute Gasteiger partial charge is 0.236 e. The molecule has 0 radical (unpaired) electrons. The minimum atomic E-state index is -0.124. The molecule has 0 saturated carbocycles. The number of rotatable bonds is 6. The van der Waals surface area contributed by atoms with Gasteiger partial charge in [-0.15, -0.1) is 23.5 Å². The normalized spacial score (nSPS) is 26.2. The zero-order valence-corrected chi connectivity index (χ0v) is 19.1. The number of amides is 2. The second-order valence-electron chi connectivity index (χ2n) is 7.82. The maximum atomic E-state index is 12.8. The lowest BCUT2D eigenvalue weighted by Crippen LogP contribution is -2.32. The van der Waals surface area contributed by atoms with Crippen LogP contribution in [0.2, 0.25) is 0 Å². The zero-order valence-electron chi connectivity index (χ0n) is 17.5. The molecule has 2 heterocycles. The molecule has 2 aromatic carbocycles. The molecule has 0 bridgehead atoms. The first-order valence-corrected chi connectivity index (χ1v) is 12.2. The van der Waals surface area contributed by atoms with Crippen LogP contribution in [0.25, 0.3) is 0 Å². The van der Waals surface area contributed by atoms with Crippen molar-refractivity contribution in [2.24, 2.45) is 0 Å². The summed E-state index contributed by atoms with van der Waals surface area (Å²) in [7, 11) is 0. The summed E-state index contributed by atoms with van der Waals surface area (Å²) in [5.41, 5.74) is 3.03. The Morgan fingerprint density at radius 3 is 1.81 bits per heavy atom. The number of hydrogen-bond donors (Lipinski definition) is 2. The molecule has 0 spiro atoms. The Morgan fingerprint density at radius 1 is 0.806 bits per heavy atom. The molecular weight excluding hydrogens is 432 g/mol. The molecule has 2 aliphatic heterocycles. The molecule has 31 heavy (non-hydrogen) atoms. The van der Waals surface area contributed by atoms with Crippen LogP contribution in [0.1, 0.15) is 41.3 Å². The van der Waals surface area contributed by atoms with Crippen LogP contribution in [-0.2, 0) is 16.1 Å². The summed E-state index contributed by atoms with van der Waals surface area (Å²) in [6.07, 6.45) is 0. The molecule has 6 nitrogen and oxygen atoms in total. The first kappa shape index (κ1) is 22.0. The maximum Gasteiger partial charge on any atom is 0.236 e. The van der Waals surface area contributed by atoms with Gasteiger partial charge in [0, 0.05) is 13.1 Å². The van der Waals surface area contributed by atoms with Crippen molar-refractivity contribution in [2.45, 2.75) is 41.6 Å². The van der Waals surface area contributed by atoms with Crippen molar-refractivity contribution in [3.8, 4) is 5.75 Å². The molecular formula is C23H26N2O4S2. The van der Waals surface area contributed by atoms with Gasteiger partial charge in [-0.1, -0.05) is 36.4 Å². The number of aliphatic hydroxyl groups excluding tert-OH is 1. The Morgan fingerprint density at radius 2 is 1.29 bits per heavy atom. The molecule has 0 aliphatic carbocycles. The molecule has 4 unspecified atom stereocenters. The van der Waals surface area contributed by atoms with Gasteiger partial charge in [-0.05, 0) is 42.7 Å². The molecule has 8 heteroatoms. The second-order valence-corrected chi connectivity index (χ2v) is 10.7. The molecule has 2 saturated heterocycles. The summed E-state index contributed by atoms with van der Waals surface area (Å²) in [5.74, 6) is 0.366. The Hall–Kier alpha value is -2.16. The summed E-state index contributed by atoms with van der Waals surface area (Å²) >= 11 is 3.22. The van der Waals surface area contributed by atoms with Crippen molar-refractivity contribution in [1.29, 1.82) is 0 Å². The average Bonchev–Trinajstić information content (AvgIpc) is 3.21. The SMILES string of the molecule is CC1SC(c2ccc(C3SC(C)C(=O)N3Cc3ccc(O)cc3)cc2)N(CCO)C1=O. The number of carbonyl (C=O) groups excluding carboxylic acids is 2. The first-order chi connectivity index (χ1) is 14.9. The van der Waals surface area contributed by atoms with E-state index in [1.165, 1.54) is 0 Å². The van der Waals surface area contributed by atoms with E-state index < -0.39 is 0 Å². The van der Waals surface area contributed by atoms with Gasteiger partial charge in [0.1, 0.15) is 16.5 Å². The van der Waals surface area contributed by atoms with Gasteiger partial charge in [-0.3, -0.25) is 9.59 Å². The topological polar surface area (TPSA) is 81.1 Å². The van der Waals surface area contributed by atoms with Crippen molar-refractivity contribution < 1.29 is 19.8 Å². The monoisotopic (exact) mass is 458 g/mol. The highest BCUT2D eigenvalue weighted by atomic mass is 32.2. The highest BCUT2D eigenvalue weighted by molar-refractivity contribution is 8.01. The van der Waals surface area contributed by atoms with E-state index >= 15 is 0 Å². The number of benzene rings is 2. The number of carbonyl (C=O) groups is 2. The Balaban J connectivity index is 1.55. The van der Waals surface area contributed by atoms with Crippen LogP contribution in [0, 0.1) is 0 Å². The van der Waals surface area contributed by atoms with Gasteiger partial charge in [0.05, 0.1) is 17.1 Å². The van der Waals surface area contributed by atoms with Gasteiger partial charge < -0.3 is 20.0 Å². The summed E-state index contributed by atoms with van der Waals surface area (Å²) in [6, 6.07) is 15.1. The largest absolute Gasteiger partial charge is 0.508 e. The van der Waals surface area contributed by atoms with E-state index in [9.17, 15) is 19.8 Å². The summed E-state index contributed by atoms with van der Waals surface area (Å²) in [5, 5.41) is 18.4. The van der Waals surface area contributed by atoms with Crippen molar-refractivity contribution in [2.75, 3.05) is 13.2 Å². The van der Waals surface area contributed by atoms with E-state index in [0.29, 0.717) is 13.1 Å². The summed E-state index contributed by atoms with van der Waals surface area (Å²) in [6.45, 7) is 4.58. The maximum absolute atomic E-state index is 12.8. The lowest BCUT2D eigenvalue weighted by atomic mass is 10.1. The lowest BCUT2D eigenvalue weighted by molar-refractivity contribution is -0.131. The van der Waals surface area contributed by atoms with Crippen LogP contribution < -0.4 is 0 Å². The van der Waals surface area contributed by atoms with Crippen LogP contribution in [0.15, 0.2) is 48.5 Å². The molecule has 164 valence electrons. The molecule has 2 amide bonds. The van der Waals surface area contributed by atoms with E-state index in [1.807, 2.05) is 55.1 Å². The quantitative estimate of drug-likeness (QED) is 0.690. The number of hydrogen-bond acceptors (Lipinski definition) is 6. The third kappa shape index (κ3) is 4.42. The van der Waals surface area contributed by atoms with Gasteiger partial charge in [0.2, 0.25) is 11.8 Å². The van der Waals surface area contributed by atoms with Crippen LogP contribution in [-0.4, -0.2) is 55.5 Å². The van der Waals surface area contributed by atoms with Crippen LogP contribution in [0.4, 0.5) is 0 Å². The van der Waals surface area contributed by atoms with E-state index in [2.05, 4.69) is 0 Å². The summed E-state index contributed by atoms with van der Waals surface area (Å²) < 4.78 is 0. The number of phenolic OH excluding ortho intramolecular Hbond substituents is 1. The van der Waals surface area contributed by atoms with Gasteiger partial charge in [-0.25, -0.2) is 0 Å². The van der Waals surface area contributed by atoms with Crippen LogP contribution >= 0.6 is 23.5 Å². The first-order valence-electron chi connectivity index (χ1n) is 10.3. The predicted molar refractivity (Wildman–Crippen MR) is 123 cm³/mol. The van der Waals surface area contributed by atoms with E-state index in [1.54, 1.807) is 40.6 Å². The molecule has 2 N–H and O–H groups in total. The zero-order chi connectivity index (χ0) is 22.1. The number of nitrogens with zero attached hydrogens (tertiary/aromatic N) is 2. The third-order valence-electron chi connectivity index (χ3n) is 5.63. The second kappa shape index (κ2) is 9.14. The molecule has 2 aliphatic rings. The minimum Gasteiger partial charge on any atom is -0.508 e. The van der Waals surface area contributed by atoms with Crippen molar-refractivity contribution in [3.63, 3.8) is 0 Å². The van der Waals surface area contributed by atoms with E-state index in [-0.39, 0.29) is 45.4 Å². The number of phenols is 1. The average molecular weight is 459 g/mol. The Kier molecular flexibility index (Phi) is 6.50. The molecule has 2 fully saturated rings. The van der Waals surface area contributed by atoms with Gasteiger partial charge in [-0.2, -0.15) is 0 Å². The standard InChI is InChI=1S/C23H26N2O4S2/c1-14-20(28)24(11-12-26)22(30-14)17-5-7-18(8-6-17)23-25(21(29)15(2)31-23)13-16-3-9-19(27)10-4-16/h3-10,14-15,22-23,26-27H,11-13H2,1-2H3. The fourth-order valence-electron chi connectivity index (χ4n) is 3.98. The fraction of sp³-hybridized carbons (Fsp3) is 0.391. The van der Waals surface area contributed by atoms with Gasteiger partial charge in [0.15, 0.2) is 0 Å². The van der Waals surface area contributed by atoms with Crippen molar-refractivity contribution in [3.05, 3.63) is 65.2 Å². The van der Waals surface area contributed by atoms with Crippen molar-refractivity contribution in [1.82, 2.24) is 9.80 Å². The highest BCUT2D eigenvalue weighted by Gasteiger charge is 2.40. The molecule has 4 atom stereocenters. The third-order valence-corrected chi connectivity index (χ3v) is 8.42. The predicted octanol–water partition coefficient (Wildman–Crippen LogP) is 3.51. The summed E-state index contributed by atoms with van der Waals surface area (Å²) in [4.78, 5) is 28.8. The molecule has 4 rings (SSSR count). The van der Waals surface area contributed by atoms with E-state index in [0.717, 1.165) is 16.7 Å². The van der Waals surface area contributed by atoms with E-state index in [4.69, 9.17) is 0 Å². The number of thioether (sulfide) groups is 2. The molecule has 0 aromatic heterocycles. The van der Waals surface area contributed by atoms with Crippen molar-refractivity contribution >= 4 is 35.3 Å². The van der Waals surface area contributed by atoms with Crippen LogP contribution in [0.5, 0.6) is 5.75 Å². The molecule has 2 aromatic rings. The van der Waals surface area contributed by atoms with Gasteiger partial charge >= 0.3 is 0 Å². The fourth-order valence-corrected chi connectivity index (χ4v) is 6.57. The number of aliphatic hydroxyl groups is 1. The number of aromatic hydroxyl groups is 1. The van der Waals surface area contributed by atoms with Gasteiger partial charge in [0.25, 0.3) is 0 Å². The minimum absolute atomic E-state index is 0.0546. The van der Waals surface area contributed by atoms with Crippen LogP contribution in [0.3, 0.4) is 0 Å². The Bertz CT molecular complexity index is 951. The lowest BCUT2D eigenvalue weighted by Gasteiger charge is -2.26. The Labute approximate surface area is 190 Å². The number of β-amino-alcohol motifs (C(OH)–C–C–N with tert-alkyl or cyclic N) is 1.